The fraction of sp³-hybridized carbons (Fsp3) is 0.800. The molecule has 0 unspecified atom stereocenters. The summed E-state index contributed by atoms with van der Waals surface area (Å²) in [5.41, 5.74) is 0. The van der Waals surface area contributed by atoms with Gasteiger partial charge in [-0.15, -0.1) is 0 Å². The molecule has 0 radical (unpaired) electrons. The summed E-state index contributed by atoms with van der Waals surface area (Å²) >= 11 is 1.56. The van der Waals surface area contributed by atoms with Crippen LogP contribution >= 0.6 is 11.8 Å². The smallest absolute Gasteiger partial charge is 0.326 e. The molecule has 0 aliphatic rings. The van der Waals surface area contributed by atoms with Gasteiger partial charge >= 0.3 is 5.97 Å². The summed E-state index contributed by atoms with van der Waals surface area (Å²) in [4.78, 5) is 22.2. The van der Waals surface area contributed by atoms with Crippen LogP contribution in [0, 0.1) is 0 Å². The van der Waals surface area contributed by atoms with E-state index in [9.17, 15) is 9.59 Å². The summed E-state index contributed by atoms with van der Waals surface area (Å²) in [6.07, 6.45) is 2.35. The molecular formula is C10H20N2O3S. The second kappa shape index (κ2) is 8.41. The number of nitrogens with one attached hydrogen (secondary N) is 2. The molecule has 0 aromatic rings. The molecule has 3 N–H and O–H groups in total. The fourth-order valence-corrected chi connectivity index (χ4v) is 1.51. The molecule has 1 amide bonds. The predicted molar refractivity (Wildman–Crippen MR) is 65.7 cm³/mol. The Morgan fingerprint density at radius 1 is 1.38 bits per heavy atom. The van der Waals surface area contributed by atoms with Crippen LogP contribution in [0.2, 0.25) is 0 Å². The van der Waals surface area contributed by atoms with Gasteiger partial charge in [-0.1, -0.05) is 13.8 Å². The first kappa shape index (κ1) is 15.2. The van der Waals surface area contributed by atoms with Gasteiger partial charge in [0.1, 0.15) is 6.04 Å². The largest absolute Gasteiger partial charge is 0.480 e. The van der Waals surface area contributed by atoms with Crippen LogP contribution in [0.25, 0.3) is 0 Å². The van der Waals surface area contributed by atoms with E-state index >= 15 is 0 Å². The molecule has 16 heavy (non-hydrogen) atoms. The summed E-state index contributed by atoms with van der Waals surface area (Å²) in [5, 5.41) is 14.3. The number of carbonyl (C=O) groups is 2. The zero-order valence-electron chi connectivity index (χ0n) is 9.95. The van der Waals surface area contributed by atoms with Gasteiger partial charge in [0.15, 0.2) is 0 Å². The normalized spacial score (nSPS) is 12.5. The Morgan fingerprint density at radius 2 is 2.00 bits per heavy atom. The Kier molecular flexibility index (Phi) is 8.01. The molecule has 0 spiro atoms. The summed E-state index contributed by atoms with van der Waals surface area (Å²) < 4.78 is 0. The van der Waals surface area contributed by atoms with E-state index in [0.29, 0.717) is 6.42 Å². The van der Waals surface area contributed by atoms with Crippen LogP contribution < -0.4 is 10.6 Å². The van der Waals surface area contributed by atoms with Gasteiger partial charge in [0, 0.05) is 6.04 Å². The number of hydrogen-bond donors (Lipinski definition) is 3. The first-order valence-corrected chi connectivity index (χ1v) is 6.61. The van der Waals surface area contributed by atoms with E-state index < -0.39 is 12.0 Å². The second-order valence-corrected chi connectivity index (χ2v) is 4.76. The molecule has 0 aliphatic carbocycles. The third-order valence-electron chi connectivity index (χ3n) is 1.91. The van der Waals surface area contributed by atoms with Crippen molar-refractivity contribution in [3.8, 4) is 0 Å². The third-order valence-corrected chi connectivity index (χ3v) is 2.56. The second-order valence-electron chi connectivity index (χ2n) is 3.78. The van der Waals surface area contributed by atoms with Gasteiger partial charge in [0.05, 0.1) is 6.54 Å². The van der Waals surface area contributed by atoms with Gasteiger partial charge in [0.25, 0.3) is 0 Å². The number of aliphatic carboxylic acids is 1. The van der Waals surface area contributed by atoms with E-state index in [4.69, 9.17) is 5.11 Å². The van der Waals surface area contributed by atoms with Crippen molar-refractivity contribution in [2.75, 3.05) is 18.6 Å². The van der Waals surface area contributed by atoms with Crippen LogP contribution in [0.5, 0.6) is 0 Å². The highest BCUT2D eigenvalue weighted by Gasteiger charge is 2.18. The summed E-state index contributed by atoms with van der Waals surface area (Å²) in [6.45, 7) is 4.01. The topological polar surface area (TPSA) is 78.4 Å². The molecule has 0 heterocycles. The molecule has 0 saturated carbocycles. The summed E-state index contributed by atoms with van der Waals surface area (Å²) in [6, 6.07) is -0.575. The van der Waals surface area contributed by atoms with Crippen molar-refractivity contribution >= 4 is 23.6 Å². The standard InChI is InChI=1S/C10H20N2O3S/c1-7(2)11-6-9(13)12-8(10(14)15)4-5-16-3/h7-8,11H,4-6H2,1-3H3,(H,12,13)(H,14,15)/t8-/m0/s1. The van der Waals surface area contributed by atoms with E-state index in [0.717, 1.165) is 5.75 Å². The van der Waals surface area contributed by atoms with Crippen molar-refractivity contribution in [3.05, 3.63) is 0 Å². The van der Waals surface area contributed by atoms with Crippen molar-refractivity contribution in [2.45, 2.75) is 32.4 Å². The van der Waals surface area contributed by atoms with Crippen molar-refractivity contribution in [1.82, 2.24) is 10.6 Å². The highest BCUT2D eigenvalue weighted by atomic mass is 32.2. The van der Waals surface area contributed by atoms with Gasteiger partial charge in [0.2, 0.25) is 5.91 Å². The Hall–Kier alpha value is -0.750. The lowest BCUT2D eigenvalue weighted by molar-refractivity contribution is -0.141. The zero-order valence-corrected chi connectivity index (χ0v) is 10.8. The Morgan fingerprint density at radius 3 is 2.44 bits per heavy atom. The number of carboxylic acids is 1. The van der Waals surface area contributed by atoms with Gasteiger partial charge in [-0.2, -0.15) is 11.8 Å². The molecule has 94 valence electrons. The van der Waals surface area contributed by atoms with Crippen molar-refractivity contribution in [3.63, 3.8) is 0 Å². The maximum Gasteiger partial charge on any atom is 0.326 e. The number of amides is 1. The molecule has 0 aromatic carbocycles. The van der Waals surface area contributed by atoms with Crippen LogP contribution in [0.4, 0.5) is 0 Å². The Bertz CT molecular complexity index is 234. The van der Waals surface area contributed by atoms with Gasteiger partial charge in [-0.05, 0) is 18.4 Å². The first-order chi connectivity index (χ1) is 7.47. The van der Waals surface area contributed by atoms with Gasteiger partial charge < -0.3 is 15.7 Å². The van der Waals surface area contributed by atoms with E-state index in [1.165, 1.54) is 0 Å². The zero-order chi connectivity index (χ0) is 12.6. The lowest BCUT2D eigenvalue weighted by Gasteiger charge is -2.15. The fourth-order valence-electron chi connectivity index (χ4n) is 1.04. The van der Waals surface area contributed by atoms with Crippen LogP contribution in [-0.2, 0) is 9.59 Å². The van der Waals surface area contributed by atoms with Gasteiger partial charge in [-0.25, -0.2) is 4.79 Å². The first-order valence-electron chi connectivity index (χ1n) is 5.21. The third kappa shape index (κ3) is 7.53. The molecule has 0 bridgehead atoms. The number of rotatable bonds is 8. The minimum atomic E-state index is -0.980. The number of hydrogen-bond acceptors (Lipinski definition) is 4. The SMILES string of the molecule is CSCC[C@H](NC(=O)CNC(C)C)C(=O)O. The highest BCUT2D eigenvalue weighted by molar-refractivity contribution is 7.98. The maximum atomic E-state index is 11.4. The molecule has 1 atom stereocenters. The minimum Gasteiger partial charge on any atom is -0.480 e. The molecule has 0 aromatic heterocycles. The molecule has 0 rings (SSSR count). The van der Waals surface area contributed by atoms with E-state index in [-0.39, 0.29) is 18.5 Å². The van der Waals surface area contributed by atoms with Crippen LogP contribution in [-0.4, -0.2) is 47.6 Å². The molecular weight excluding hydrogens is 228 g/mol. The van der Waals surface area contributed by atoms with Gasteiger partial charge in [-0.3, -0.25) is 4.79 Å². The molecule has 6 heteroatoms. The molecule has 5 nitrogen and oxygen atoms in total. The van der Waals surface area contributed by atoms with E-state index in [1.807, 2.05) is 20.1 Å². The number of thioether (sulfide) groups is 1. The Balaban J connectivity index is 3.98. The van der Waals surface area contributed by atoms with E-state index in [1.54, 1.807) is 11.8 Å². The molecule has 0 saturated heterocycles. The predicted octanol–water partition coefficient (Wildman–Crippen LogP) is 0.307. The van der Waals surface area contributed by atoms with Crippen LogP contribution in [0.3, 0.4) is 0 Å². The molecule has 0 aliphatic heterocycles. The summed E-state index contributed by atoms with van der Waals surface area (Å²) in [7, 11) is 0. The molecule has 0 fully saturated rings. The summed E-state index contributed by atoms with van der Waals surface area (Å²) in [5.74, 6) is -0.538. The number of carboxylic acid groups (broad SMARTS) is 1. The van der Waals surface area contributed by atoms with E-state index in [2.05, 4.69) is 10.6 Å². The number of carbonyl (C=O) groups excluding carboxylic acids is 1. The lowest BCUT2D eigenvalue weighted by atomic mass is 10.2. The van der Waals surface area contributed by atoms with Crippen molar-refractivity contribution in [1.29, 1.82) is 0 Å². The van der Waals surface area contributed by atoms with Crippen molar-refractivity contribution in [2.24, 2.45) is 0 Å². The average molecular weight is 248 g/mol. The van der Waals surface area contributed by atoms with Crippen LogP contribution in [0.1, 0.15) is 20.3 Å². The highest BCUT2D eigenvalue weighted by Crippen LogP contribution is 2.00. The monoisotopic (exact) mass is 248 g/mol. The maximum absolute atomic E-state index is 11.4. The Labute approximate surface area is 100 Å². The van der Waals surface area contributed by atoms with Crippen LogP contribution in [0.15, 0.2) is 0 Å². The minimum absolute atomic E-state index is 0.153. The lowest BCUT2D eigenvalue weighted by Crippen LogP contribution is -2.45. The average Bonchev–Trinajstić information content (AvgIpc) is 2.20. The quantitative estimate of drug-likeness (QED) is 0.576. The van der Waals surface area contributed by atoms with Crippen molar-refractivity contribution < 1.29 is 14.7 Å².